The van der Waals surface area contributed by atoms with E-state index in [4.69, 9.17) is 11.2 Å². The van der Waals surface area contributed by atoms with Crippen LogP contribution in [0.3, 0.4) is 0 Å². The number of fused-ring (bicyclic) bond motifs is 1. The van der Waals surface area contributed by atoms with Crippen LogP contribution in [0.1, 0.15) is 27.7 Å². The molecular weight excluding hydrogens is 342 g/mol. The Labute approximate surface area is 156 Å². The number of amides is 1. The van der Waals surface area contributed by atoms with E-state index in [9.17, 15) is 9.90 Å². The molecule has 2 aromatic carbocycles. The SMILES string of the molecule is C#CCN1C(=O)c2[nH]nc(-c3ccccc3)c2C1c1ccc(O)c(OC)c1. The van der Waals surface area contributed by atoms with Crippen LogP contribution in [0.4, 0.5) is 0 Å². The number of H-pyrrole nitrogens is 1. The molecule has 1 unspecified atom stereocenters. The number of aromatic hydroxyl groups is 1. The van der Waals surface area contributed by atoms with Gasteiger partial charge in [-0.25, -0.2) is 0 Å². The van der Waals surface area contributed by atoms with Crippen LogP contribution in [0.5, 0.6) is 11.5 Å². The second-order valence-electron chi connectivity index (χ2n) is 6.20. The lowest BCUT2D eigenvalue weighted by atomic mass is 9.96. The molecule has 1 atom stereocenters. The minimum atomic E-state index is -0.424. The third kappa shape index (κ3) is 2.61. The van der Waals surface area contributed by atoms with Crippen LogP contribution in [-0.2, 0) is 0 Å². The number of phenolic OH excluding ortho intramolecular Hbond substituents is 1. The molecule has 0 saturated carbocycles. The first-order valence-electron chi connectivity index (χ1n) is 8.40. The normalized spacial score (nSPS) is 15.5. The Kier molecular flexibility index (Phi) is 4.05. The molecule has 1 aromatic heterocycles. The lowest BCUT2D eigenvalue weighted by Crippen LogP contribution is -2.29. The predicted molar refractivity (Wildman–Crippen MR) is 100 cm³/mol. The van der Waals surface area contributed by atoms with E-state index >= 15 is 0 Å². The molecule has 4 rings (SSSR count). The van der Waals surface area contributed by atoms with Gasteiger partial charge in [0.1, 0.15) is 5.69 Å². The molecule has 6 heteroatoms. The van der Waals surface area contributed by atoms with Gasteiger partial charge >= 0.3 is 0 Å². The van der Waals surface area contributed by atoms with Crippen molar-refractivity contribution < 1.29 is 14.6 Å². The average molecular weight is 359 g/mol. The zero-order valence-electron chi connectivity index (χ0n) is 14.6. The smallest absolute Gasteiger partial charge is 0.273 e. The molecule has 2 heterocycles. The van der Waals surface area contributed by atoms with Crippen molar-refractivity contribution in [2.75, 3.05) is 13.7 Å². The average Bonchev–Trinajstić information content (AvgIpc) is 3.23. The van der Waals surface area contributed by atoms with Gasteiger partial charge in [0.25, 0.3) is 5.91 Å². The third-order valence-electron chi connectivity index (χ3n) is 4.69. The van der Waals surface area contributed by atoms with Gasteiger partial charge in [-0.1, -0.05) is 42.3 Å². The maximum absolute atomic E-state index is 12.9. The number of carbonyl (C=O) groups excluding carboxylic acids is 1. The molecule has 6 nitrogen and oxygen atoms in total. The number of aromatic nitrogens is 2. The number of hydrogen-bond donors (Lipinski definition) is 2. The van der Waals surface area contributed by atoms with E-state index in [0.717, 1.165) is 16.7 Å². The van der Waals surface area contributed by atoms with E-state index in [-0.39, 0.29) is 18.2 Å². The number of nitrogens with one attached hydrogen (secondary N) is 1. The summed E-state index contributed by atoms with van der Waals surface area (Å²) in [6, 6.07) is 14.3. The Morgan fingerprint density at radius 1 is 1.30 bits per heavy atom. The van der Waals surface area contributed by atoms with Gasteiger partial charge in [0.05, 0.1) is 25.4 Å². The van der Waals surface area contributed by atoms with Crippen LogP contribution < -0.4 is 4.74 Å². The highest BCUT2D eigenvalue weighted by Crippen LogP contribution is 2.44. The fourth-order valence-corrected chi connectivity index (χ4v) is 3.49. The molecule has 0 bridgehead atoms. The highest BCUT2D eigenvalue weighted by molar-refractivity contribution is 6.00. The summed E-state index contributed by atoms with van der Waals surface area (Å²) < 4.78 is 5.23. The quantitative estimate of drug-likeness (QED) is 0.702. The van der Waals surface area contributed by atoms with Crippen molar-refractivity contribution in [3.63, 3.8) is 0 Å². The fourth-order valence-electron chi connectivity index (χ4n) is 3.49. The minimum absolute atomic E-state index is 0.0322. The molecule has 134 valence electrons. The van der Waals surface area contributed by atoms with Crippen LogP contribution in [0.25, 0.3) is 11.3 Å². The summed E-state index contributed by atoms with van der Waals surface area (Å²) in [5.41, 5.74) is 3.59. The summed E-state index contributed by atoms with van der Waals surface area (Å²) in [6.45, 7) is 0.156. The van der Waals surface area contributed by atoms with E-state index < -0.39 is 6.04 Å². The van der Waals surface area contributed by atoms with Gasteiger partial charge in [-0.3, -0.25) is 9.89 Å². The molecule has 1 aliphatic rings. The standard InChI is InChI=1S/C21H17N3O3/c1-3-11-24-20(14-9-10-15(25)16(12-14)27-2)17-18(13-7-5-4-6-8-13)22-23-19(17)21(24)26/h1,4-10,12,20,25H,11H2,2H3,(H,22,23). The number of aromatic amines is 1. The number of phenols is 1. The molecule has 1 aliphatic heterocycles. The minimum Gasteiger partial charge on any atom is -0.504 e. The second-order valence-corrected chi connectivity index (χ2v) is 6.20. The summed E-state index contributed by atoms with van der Waals surface area (Å²) in [4.78, 5) is 14.5. The van der Waals surface area contributed by atoms with Gasteiger partial charge in [-0.2, -0.15) is 5.10 Å². The Balaban J connectivity index is 1.92. The molecule has 3 aromatic rings. The van der Waals surface area contributed by atoms with Gasteiger partial charge in [0, 0.05) is 11.1 Å². The number of carbonyl (C=O) groups is 1. The van der Waals surface area contributed by atoms with E-state index in [2.05, 4.69) is 16.1 Å². The number of benzene rings is 2. The van der Waals surface area contributed by atoms with E-state index in [0.29, 0.717) is 17.1 Å². The molecule has 1 amide bonds. The van der Waals surface area contributed by atoms with E-state index in [1.807, 2.05) is 30.3 Å². The Morgan fingerprint density at radius 3 is 2.78 bits per heavy atom. The van der Waals surface area contributed by atoms with Crippen molar-refractivity contribution in [1.82, 2.24) is 15.1 Å². The maximum atomic E-state index is 12.9. The first-order valence-corrected chi connectivity index (χ1v) is 8.40. The lowest BCUT2D eigenvalue weighted by Gasteiger charge is -2.24. The highest BCUT2D eigenvalue weighted by Gasteiger charge is 2.42. The Morgan fingerprint density at radius 2 is 2.07 bits per heavy atom. The van der Waals surface area contributed by atoms with Gasteiger partial charge in [0.2, 0.25) is 0 Å². The van der Waals surface area contributed by atoms with Crippen LogP contribution >= 0.6 is 0 Å². The van der Waals surface area contributed by atoms with Crippen LogP contribution in [-0.4, -0.2) is 39.8 Å². The van der Waals surface area contributed by atoms with Gasteiger partial charge < -0.3 is 14.7 Å². The lowest BCUT2D eigenvalue weighted by molar-refractivity contribution is 0.0767. The number of nitrogens with zero attached hydrogens (tertiary/aromatic N) is 2. The van der Waals surface area contributed by atoms with Crippen molar-refractivity contribution in [3.8, 4) is 35.1 Å². The summed E-state index contributed by atoms with van der Waals surface area (Å²) >= 11 is 0. The molecule has 27 heavy (non-hydrogen) atoms. The summed E-state index contributed by atoms with van der Waals surface area (Å²) in [5, 5.41) is 17.2. The zero-order chi connectivity index (χ0) is 19.0. The number of terminal acetylenes is 1. The third-order valence-corrected chi connectivity index (χ3v) is 4.69. The van der Waals surface area contributed by atoms with Gasteiger partial charge in [0.15, 0.2) is 11.5 Å². The first-order chi connectivity index (χ1) is 13.2. The molecule has 0 saturated heterocycles. The molecular formula is C21H17N3O3. The molecule has 0 fully saturated rings. The van der Waals surface area contributed by atoms with Crippen LogP contribution in [0.15, 0.2) is 48.5 Å². The van der Waals surface area contributed by atoms with Crippen molar-refractivity contribution in [3.05, 3.63) is 65.4 Å². The van der Waals surface area contributed by atoms with Crippen molar-refractivity contribution in [2.45, 2.75) is 6.04 Å². The Bertz CT molecular complexity index is 1050. The number of methoxy groups -OCH3 is 1. The molecule has 0 spiro atoms. The van der Waals surface area contributed by atoms with E-state index in [1.165, 1.54) is 7.11 Å². The van der Waals surface area contributed by atoms with Crippen molar-refractivity contribution >= 4 is 5.91 Å². The maximum Gasteiger partial charge on any atom is 0.273 e. The largest absolute Gasteiger partial charge is 0.504 e. The molecule has 0 aliphatic carbocycles. The second kappa shape index (κ2) is 6.54. The number of hydrogen-bond acceptors (Lipinski definition) is 4. The van der Waals surface area contributed by atoms with E-state index in [1.54, 1.807) is 23.1 Å². The van der Waals surface area contributed by atoms with Gasteiger partial charge in [-0.15, -0.1) is 6.42 Å². The number of rotatable bonds is 4. The summed E-state index contributed by atoms with van der Waals surface area (Å²) in [7, 11) is 1.48. The first kappa shape index (κ1) is 16.7. The van der Waals surface area contributed by atoms with Crippen LogP contribution in [0.2, 0.25) is 0 Å². The van der Waals surface area contributed by atoms with Crippen LogP contribution in [0, 0.1) is 12.3 Å². The molecule has 0 radical (unpaired) electrons. The van der Waals surface area contributed by atoms with Gasteiger partial charge in [-0.05, 0) is 17.7 Å². The Hall–Kier alpha value is -3.72. The zero-order valence-corrected chi connectivity index (χ0v) is 14.6. The fraction of sp³-hybridized carbons (Fsp3) is 0.143. The van der Waals surface area contributed by atoms with Crippen molar-refractivity contribution in [1.29, 1.82) is 0 Å². The van der Waals surface area contributed by atoms with Crippen molar-refractivity contribution in [2.24, 2.45) is 0 Å². The molecule has 2 N–H and O–H groups in total. The number of ether oxygens (including phenoxy) is 1. The predicted octanol–water partition coefficient (Wildman–Crippen LogP) is 2.97. The topological polar surface area (TPSA) is 78.5 Å². The summed E-state index contributed by atoms with van der Waals surface area (Å²) in [5.74, 6) is 2.72. The summed E-state index contributed by atoms with van der Waals surface area (Å²) in [6.07, 6.45) is 5.51. The highest BCUT2D eigenvalue weighted by atomic mass is 16.5. The monoisotopic (exact) mass is 359 g/mol.